The van der Waals surface area contributed by atoms with Crippen molar-refractivity contribution in [2.45, 2.75) is 6.92 Å². The molecule has 1 amide bonds. The molecule has 6 heteroatoms. The van der Waals surface area contributed by atoms with Crippen LogP contribution in [0.15, 0.2) is 24.5 Å². The molecule has 0 aromatic carbocycles. The van der Waals surface area contributed by atoms with E-state index in [1.165, 1.54) is 6.20 Å². The van der Waals surface area contributed by atoms with Crippen LogP contribution in [-0.4, -0.2) is 21.1 Å². The van der Waals surface area contributed by atoms with Gasteiger partial charge in [-0.3, -0.25) is 9.89 Å². The minimum Gasteiger partial charge on any atom is -0.396 e. The highest BCUT2D eigenvalue weighted by Gasteiger charge is 2.12. The van der Waals surface area contributed by atoms with Crippen LogP contribution in [0.5, 0.6) is 0 Å². The van der Waals surface area contributed by atoms with Crippen molar-refractivity contribution in [1.82, 2.24) is 15.2 Å². The highest BCUT2D eigenvalue weighted by atomic mass is 16.2. The number of aromatic amines is 1. The molecule has 2 aromatic rings. The van der Waals surface area contributed by atoms with Crippen LogP contribution in [0.2, 0.25) is 0 Å². The standard InChI is InChI=1S/C10H11N5O/c1-6-2-3-12-8(4-6)14-10(16)9-7(11)5-13-15-9/h2-5H,11H2,1H3,(H,13,15)(H,12,14,16). The Hall–Kier alpha value is -2.37. The highest BCUT2D eigenvalue weighted by Crippen LogP contribution is 2.10. The minimum atomic E-state index is -0.354. The van der Waals surface area contributed by atoms with Gasteiger partial charge in [0.05, 0.1) is 11.9 Å². The normalized spacial score (nSPS) is 10.1. The van der Waals surface area contributed by atoms with Gasteiger partial charge in [0.25, 0.3) is 5.91 Å². The van der Waals surface area contributed by atoms with E-state index in [-0.39, 0.29) is 11.6 Å². The number of anilines is 2. The lowest BCUT2D eigenvalue weighted by Gasteiger charge is -2.03. The Bertz CT molecular complexity index is 519. The molecular formula is C10H11N5O. The van der Waals surface area contributed by atoms with E-state index >= 15 is 0 Å². The van der Waals surface area contributed by atoms with Gasteiger partial charge >= 0.3 is 0 Å². The first kappa shape index (κ1) is 10.2. The van der Waals surface area contributed by atoms with E-state index in [4.69, 9.17) is 5.73 Å². The second-order valence-electron chi connectivity index (χ2n) is 3.37. The van der Waals surface area contributed by atoms with Crippen LogP contribution >= 0.6 is 0 Å². The molecule has 2 rings (SSSR count). The number of hydrogen-bond acceptors (Lipinski definition) is 4. The van der Waals surface area contributed by atoms with Crippen molar-refractivity contribution in [3.63, 3.8) is 0 Å². The SMILES string of the molecule is Cc1ccnc(NC(=O)c2[nH]ncc2N)c1. The number of carbonyl (C=O) groups is 1. The van der Waals surface area contributed by atoms with Crippen molar-refractivity contribution < 1.29 is 4.79 Å². The third-order valence-corrected chi connectivity index (χ3v) is 2.05. The zero-order chi connectivity index (χ0) is 11.5. The number of hydrogen-bond donors (Lipinski definition) is 3. The maximum Gasteiger partial charge on any atom is 0.276 e. The minimum absolute atomic E-state index is 0.239. The Morgan fingerprint density at radius 1 is 1.56 bits per heavy atom. The van der Waals surface area contributed by atoms with Gasteiger partial charge in [0.2, 0.25) is 0 Å². The number of pyridine rings is 1. The van der Waals surface area contributed by atoms with Crippen LogP contribution < -0.4 is 11.1 Å². The number of rotatable bonds is 2. The van der Waals surface area contributed by atoms with Crippen LogP contribution in [-0.2, 0) is 0 Å². The monoisotopic (exact) mass is 217 g/mol. The number of nitrogens with one attached hydrogen (secondary N) is 2. The zero-order valence-corrected chi connectivity index (χ0v) is 8.69. The van der Waals surface area contributed by atoms with Crippen LogP contribution in [0.25, 0.3) is 0 Å². The average Bonchev–Trinajstić information content (AvgIpc) is 2.64. The molecule has 0 aliphatic rings. The largest absolute Gasteiger partial charge is 0.396 e. The second kappa shape index (κ2) is 4.01. The smallest absolute Gasteiger partial charge is 0.276 e. The van der Waals surface area contributed by atoms with Crippen LogP contribution in [0.1, 0.15) is 16.1 Å². The Morgan fingerprint density at radius 3 is 3.00 bits per heavy atom. The summed E-state index contributed by atoms with van der Waals surface area (Å²) in [5.41, 5.74) is 7.12. The summed E-state index contributed by atoms with van der Waals surface area (Å²) >= 11 is 0. The van der Waals surface area contributed by atoms with Gasteiger partial charge in [0, 0.05) is 6.20 Å². The van der Waals surface area contributed by atoms with Crippen molar-refractivity contribution in [2.75, 3.05) is 11.1 Å². The Labute approximate surface area is 91.9 Å². The first-order chi connectivity index (χ1) is 7.66. The topological polar surface area (TPSA) is 96.7 Å². The second-order valence-corrected chi connectivity index (χ2v) is 3.37. The number of H-pyrrole nitrogens is 1. The summed E-state index contributed by atoms with van der Waals surface area (Å²) in [5.74, 6) is 0.132. The molecule has 0 spiro atoms. The van der Waals surface area contributed by atoms with E-state index in [0.717, 1.165) is 5.56 Å². The molecule has 0 aliphatic heterocycles. The number of amides is 1. The number of aryl methyl sites for hydroxylation is 1. The molecular weight excluding hydrogens is 206 g/mol. The molecule has 16 heavy (non-hydrogen) atoms. The van der Waals surface area contributed by atoms with Crippen LogP contribution in [0, 0.1) is 6.92 Å². The maximum atomic E-state index is 11.7. The van der Waals surface area contributed by atoms with Gasteiger partial charge in [-0.15, -0.1) is 0 Å². The molecule has 0 aliphatic carbocycles. The molecule has 0 saturated carbocycles. The van der Waals surface area contributed by atoms with E-state index in [1.807, 2.05) is 13.0 Å². The fraction of sp³-hybridized carbons (Fsp3) is 0.100. The highest BCUT2D eigenvalue weighted by molar-refractivity contribution is 6.05. The summed E-state index contributed by atoms with van der Waals surface area (Å²) in [6.45, 7) is 1.92. The van der Waals surface area contributed by atoms with E-state index in [0.29, 0.717) is 11.5 Å². The first-order valence-electron chi connectivity index (χ1n) is 4.69. The van der Waals surface area contributed by atoms with Crippen molar-refractivity contribution >= 4 is 17.4 Å². The maximum absolute atomic E-state index is 11.7. The van der Waals surface area contributed by atoms with Gasteiger partial charge in [-0.25, -0.2) is 4.98 Å². The Kier molecular flexibility index (Phi) is 2.55. The van der Waals surface area contributed by atoms with Crippen molar-refractivity contribution in [1.29, 1.82) is 0 Å². The molecule has 0 atom stereocenters. The van der Waals surface area contributed by atoms with Crippen molar-refractivity contribution in [3.05, 3.63) is 35.8 Å². The summed E-state index contributed by atoms with van der Waals surface area (Å²) < 4.78 is 0. The lowest BCUT2D eigenvalue weighted by Crippen LogP contribution is -2.15. The fourth-order valence-corrected chi connectivity index (χ4v) is 1.26. The molecule has 4 N–H and O–H groups in total. The third-order valence-electron chi connectivity index (χ3n) is 2.05. The quantitative estimate of drug-likeness (QED) is 0.697. The lowest BCUT2D eigenvalue weighted by molar-refractivity contribution is 0.102. The molecule has 2 heterocycles. The van der Waals surface area contributed by atoms with E-state index in [1.54, 1.807) is 12.3 Å². The lowest BCUT2D eigenvalue weighted by atomic mass is 10.3. The molecule has 2 aromatic heterocycles. The van der Waals surface area contributed by atoms with Gasteiger partial charge in [0.1, 0.15) is 11.5 Å². The summed E-state index contributed by atoms with van der Waals surface area (Å²) in [6, 6.07) is 3.62. The van der Waals surface area contributed by atoms with Gasteiger partial charge in [-0.1, -0.05) is 0 Å². The van der Waals surface area contributed by atoms with Crippen molar-refractivity contribution in [3.8, 4) is 0 Å². The van der Waals surface area contributed by atoms with Crippen LogP contribution in [0.4, 0.5) is 11.5 Å². The first-order valence-corrected chi connectivity index (χ1v) is 4.69. The van der Waals surface area contributed by atoms with E-state index < -0.39 is 0 Å². The van der Waals surface area contributed by atoms with E-state index in [9.17, 15) is 4.79 Å². The molecule has 0 fully saturated rings. The zero-order valence-electron chi connectivity index (χ0n) is 8.69. The Morgan fingerprint density at radius 2 is 2.38 bits per heavy atom. The molecule has 0 saturated heterocycles. The fourth-order valence-electron chi connectivity index (χ4n) is 1.26. The summed E-state index contributed by atoms with van der Waals surface area (Å²) in [7, 11) is 0. The average molecular weight is 217 g/mol. The van der Waals surface area contributed by atoms with E-state index in [2.05, 4.69) is 20.5 Å². The molecule has 0 bridgehead atoms. The summed E-state index contributed by atoms with van der Waals surface area (Å²) in [4.78, 5) is 15.7. The van der Waals surface area contributed by atoms with Gasteiger partial charge in [-0.05, 0) is 24.6 Å². The summed E-state index contributed by atoms with van der Waals surface area (Å²) in [5, 5.41) is 8.82. The molecule has 82 valence electrons. The van der Waals surface area contributed by atoms with Crippen LogP contribution in [0.3, 0.4) is 0 Å². The molecule has 0 unspecified atom stereocenters. The number of carbonyl (C=O) groups excluding carboxylic acids is 1. The van der Waals surface area contributed by atoms with Crippen molar-refractivity contribution in [2.24, 2.45) is 0 Å². The number of nitrogens with zero attached hydrogens (tertiary/aromatic N) is 2. The number of nitrogens with two attached hydrogens (primary N) is 1. The molecule has 0 radical (unpaired) electrons. The molecule has 6 nitrogen and oxygen atoms in total. The Balaban J connectivity index is 2.17. The van der Waals surface area contributed by atoms with Gasteiger partial charge in [-0.2, -0.15) is 5.10 Å². The number of aromatic nitrogens is 3. The summed E-state index contributed by atoms with van der Waals surface area (Å²) in [6.07, 6.45) is 3.01. The van der Waals surface area contributed by atoms with Gasteiger partial charge in [0.15, 0.2) is 0 Å². The third kappa shape index (κ3) is 2.00. The van der Waals surface area contributed by atoms with Gasteiger partial charge < -0.3 is 11.1 Å². The number of nitrogen functional groups attached to an aromatic ring is 1. The predicted octanol–water partition coefficient (Wildman–Crippen LogP) is 0.948. The predicted molar refractivity (Wildman–Crippen MR) is 59.9 cm³/mol.